The van der Waals surface area contributed by atoms with E-state index in [2.05, 4.69) is 21.0 Å². The molecule has 0 radical (unpaired) electrons. The van der Waals surface area contributed by atoms with Crippen molar-refractivity contribution in [2.24, 2.45) is 0 Å². The van der Waals surface area contributed by atoms with E-state index in [4.69, 9.17) is 5.11 Å². The van der Waals surface area contributed by atoms with E-state index < -0.39 is 0 Å². The molecule has 2 aromatic heterocycles. The first-order valence-electron chi connectivity index (χ1n) is 6.00. The number of fused-ring (bicyclic) bond motifs is 1. The quantitative estimate of drug-likeness (QED) is 0.716. The standard InChI is InChI=1S/C14H13N3OS/c18-6-7-19-11-3-1-2-10(8-11)14-16-12-4-5-15-9-13(12)17-14/h1-5,8-9,18H,6-7H2,(H,16,17). The van der Waals surface area contributed by atoms with E-state index in [0.29, 0.717) is 5.75 Å². The number of hydrogen-bond donors (Lipinski definition) is 2. The van der Waals surface area contributed by atoms with Gasteiger partial charge in [0.2, 0.25) is 0 Å². The third-order valence-electron chi connectivity index (χ3n) is 2.75. The number of nitrogens with zero attached hydrogens (tertiary/aromatic N) is 2. The van der Waals surface area contributed by atoms with Crippen LogP contribution in [0, 0.1) is 0 Å². The second kappa shape index (κ2) is 5.42. The molecule has 0 bridgehead atoms. The Kier molecular flexibility index (Phi) is 3.48. The third kappa shape index (κ3) is 2.62. The van der Waals surface area contributed by atoms with Crippen molar-refractivity contribution in [2.45, 2.75) is 4.90 Å². The maximum absolute atomic E-state index is 8.86. The van der Waals surface area contributed by atoms with Crippen LogP contribution < -0.4 is 0 Å². The van der Waals surface area contributed by atoms with Crippen LogP contribution in [0.15, 0.2) is 47.6 Å². The van der Waals surface area contributed by atoms with Gasteiger partial charge in [-0.3, -0.25) is 4.98 Å². The summed E-state index contributed by atoms with van der Waals surface area (Å²) in [4.78, 5) is 13.0. The van der Waals surface area contributed by atoms with Crippen LogP contribution in [0.2, 0.25) is 0 Å². The molecule has 0 atom stereocenters. The minimum atomic E-state index is 0.186. The molecule has 3 rings (SSSR count). The Labute approximate surface area is 114 Å². The molecule has 5 heteroatoms. The zero-order valence-corrected chi connectivity index (χ0v) is 11.0. The van der Waals surface area contributed by atoms with Crippen LogP contribution in [0.4, 0.5) is 0 Å². The number of benzene rings is 1. The maximum Gasteiger partial charge on any atom is 0.138 e. The van der Waals surface area contributed by atoms with Gasteiger partial charge in [0.25, 0.3) is 0 Å². The van der Waals surface area contributed by atoms with Crippen LogP contribution in [0.1, 0.15) is 0 Å². The highest BCUT2D eigenvalue weighted by atomic mass is 32.2. The van der Waals surface area contributed by atoms with Crippen LogP contribution in [-0.4, -0.2) is 32.4 Å². The summed E-state index contributed by atoms with van der Waals surface area (Å²) >= 11 is 1.63. The molecular weight excluding hydrogens is 258 g/mol. The van der Waals surface area contributed by atoms with Gasteiger partial charge in [-0.05, 0) is 18.2 Å². The Bertz CT molecular complexity index is 663. The van der Waals surface area contributed by atoms with E-state index in [1.54, 1.807) is 24.2 Å². The zero-order chi connectivity index (χ0) is 13.1. The predicted octanol–water partition coefficient (Wildman–Crippen LogP) is 2.71. The highest BCUT2D eigenvalue weighted by Crippen LogP contribution is 2.25. The monoisotopic (exact) mass is 271 g/mol. The smallest absolute Gasteiger partial charge is 0.138 e. The molecule has 4 nitrogen and oxygen atoms in total. The molecule has 3 aromatic rings. The van der Waals surface area contributed by atoms with Crippen molar-refractivity contribution in [3.63, 3.8) is 0 Å². The molecule has 0 aliphatic carbocycles. The summed E-state index contributed by atoms with van der Waals surface area (Å²) in [5.41, 5.74) is 2.89. The number of aromatic nitrogens is 3. The third-order valence-corrected chi connectivity index (χ3v) is 3.73. The van der Waals surface area contributed by atoms with E-state index in [0.717, 1.165) is 27.3 Å². The van der Waals surface area contributed by atoms with Gasteiger partial charge in [0.05, 0.1) is 18.3 Å². The SMILES string of the molecule is OCCSc1cccc(-c2nc3cnccc3[nH]2)c1. The first kappa shape index (κ1) is 12.2. The summed E-state index contributed by atoms with van der Waals surface area (Å²) in [6.07, 6.45) is 3.50. The number of hydrogen-bond acceptors (Lipinski definition) is 4. The molecule has 96 valence electrons. The summed E-state index contributed by atoms with van der Waals surface area (Å²) in [6, 6.07) is 10.0. The number of thioether (sulfide) groups is 1. The topological polar surface area (TPSA) is 61.8 Å². The van der Waals surface area contributed by atoms with Gasteiger partial charge in [0.1, 0.15) is 11.3 Å². The molecule has 0 saturated heterocycles. The lowest BCUT2D eigenvalue weighted by molar-refractivity contribution is 0.322. The first-order chi connectivity index (χ1) is 9.36. The summed E-state index contributed by atoms with van der Waals surface area (Å²) < 4.78 is 0. The van der Waals surface area contributed by atoms with Crippen LogP contribution in [-0.2, 0) is 0 Å². The van der Waals surface area contributed by atoms with Gasteiger partial charge in [-0.15, -0.1) is 11.8 Å². The van der Waals surface area contributed by atoms with Gasteiger partial charge in [-0.1, -0.05) is 12.1 Å². The largest absolute Gasteiger partial charge is 0.396 e. The van der Waals surface area contributed by atoms with E-state index in [-0.39, 0.29) is 6.61 Å². The molecule has 0 saturated carbocycles. The number of aliphatic hydroxyl groups excluding tert-OH is 1. The van der Waals surface area contributed by atoms with Crippen molar-refractivity contribution in [2.75, 3.05) is 12.4 Å². The molecule has 0 amide bonds. The molecule has 19 heavy (non-hydrogen) atoms. The number of nitrogens with one attached hydrogen (secondary N) is 1. The van der Waals surface area contributed by atoms with E-state index in [1.807, 2.05) is 24.3 Å². The molecule has 0 aliphatic rings. The lowest BCUT2D eigenvalue weighted by atomic mass is 10.2. The average molecular weight is 271 g/mol. The fraction of sp³-hybridized carbons (Fsp3) is 0.143. The minimum absolute atomic E-state index is 0.186. The molecule has 1 aromatic carbocycles. The van der Waals surface area contributed by atoms with Gasteiger partial charge >= 0.3 is 0 Å². The molecule has 0 fully saturated rings. The van der Waals surface area contributed by atoms with E-state index in [9.17, 15) is 0 Å². The lowest BCUT2D eigenvalue weighted by Gasteiger charge is -2.02. The molecule has 0 aliphatic heterocycles. The summed E-state index contributed by atoms with van der Waals surface area (Å²) in [5, 5.41) is 8.86. The fourth-order valence-corrected chi connectivity index (χ4v) is 2.60. The number of pyridine rings is 1. The van der Waals surface area contributed by atoms with Crippen LogP contribution >= 0.6 is 11.8 Å². The van der Waals surface area contributed by atoms with Crippen molar-refractivity contribution in [1.82, 2.24) is 15.0 Å². The zero-order valence-electron chi connectivity index (χ0n) is 10.2. The van der Waals surface area contributed by atoms with Gasteiger partial charge in [0, 0.05) is 22.4 Å². The molecule has 2 N–H and O–H groups in total. The van der Waals surface area contributed by atoms with Gasteiger partial charge in [-0.2, -0.15) is 0 Å². The van der Waals surface area contributed by atoms with Crippen LogP contribution in [0.3, 0.4) is 0 Å². The van der Waals surface area contributed by atoms with Crippen molar-refractivity contribution in [1.29, 1.82) is 0 Å². The van der Waals surface area contributed by atoms with Gasteiger partial charge in [-0.25, -0.2) is 4.98 Å². The number of aromatic amines is 1. The Balaban J connectivity index is 1.96. The minimum Gasteiger partial charge on any atom is -0.396 e. The van der Waals surface area contributed by atoms with Crippen molar-refractivity contribution in [3.05, 3.63) is 42.7 Å². The number of aliphatic hydroxyl groups is 1. The van der Waals surface area contributed by atoms with Crippen LogP contribution in [0.5, 0.6) is 0 Å². The van der Waals surface area contributed by atoms with Crippen molar-refractivity contribution in [3.8, 4) is 11.4 Å². The summed E-state index contributed by atoms with van der Waals surface area (Å²) in [5.74, 6) is 1.54. The molecule has 0 spiro atoms. The fourth-order valence-electron chi connectivity index (χ4n) is 1.89. The Morgan fingerprint density at radius 2 is 2.21 bits per heavy atom. The van der Waals surface area contributed by atoms with E-state index in [1.165, 1.54) is 0 Å². The van der Waals surface area contributed by atoms with Crippen molar-refractivity contribution < 1.29 is 5.11 Å². The number of H-pyrrole nitrogens is 1. The Hall–Kier alpha value is -1.85. The summed E-state index contributed by atoms with van der Waals surface area (Å²) in [6.45, 7) is 0.186. The Morgan fingerprint density at radius 1 is 1.26 bits per heavy atom. The van der Waals surface area contributed by atoms with Gasteiger partial charge in [0.15, 0.2) is 0 Å². The highest BCUT2D eigenvalue weighted by Gasteiger charge is 2.05. The van der Waals surface area contributed by atoms with Gasteiger partial charge < -0.3 is 10.1 Å². The lowest BCUT2D eigenvalue weighted by Crippen LogP contribution is -1.86. The number of imidazole rings is 1. The summed E-state index contributed by atoms with van der Waals surface area (Å²) in [7, 11) is 0. The first-order valence-corrected chi connectivity index (χ1v) is 6.99. The van der Waals surface area contributed by atoms with E-state index >= 15 is 0 Å². The average Bonchev–Trinajstić information content (AvgIpc) is 2.89. The highest BCUT2D eigenvalue weighted by molar-refractivity contribution is 7.99. The second-order valence-corrected chi connectivity index (χ2v) is 5.25. The molecule has 2 heterocycles. The predicted molar refractivity (Wildman–Crippen MR) is 77.1 cm³/mol. The number of rotatable bonds is 4. The normalized spacial score (nSPS) is 11.0. The second-order valence-electron chi connectivity index (χ2n) is 4.08. The van der Waals surface area contributed by atoms with Crippen molar-refractivity contribution >= 4 is 22.8 Å². The Morgan fingerprint density at radius 3 is 3.05 bits per heavy atom. The molecular formula is C14H13N3OS. The maximum atomic E-state index is 8.86. The molecule has 0 unspecified atom stereocenters. The van der Waals surface area contributed by atoms with Crippen LogP contribution in [0.25, 0.3) is 22.4 Å².